The molecule has 1 aromatic carbocycles. The van der Waals surface area contributed by atoms with E-state index in [1.165, 1.54) is 15.3 Å². The van der Waals surface area contributed by atoms with E-state index in [0.717, 1.165) is 30.3 Å². The normalized spacial score (nSPS) is 20.0. The highest BCUT2D eigenvalue weighted by atomic mass is 79.9. The van der Waals surface area contributed by atoms with Gasteiger partial charge in [-0.15, -0.1) is 11.3 Å². The van der Waals surface area contributed by atoms with Crippen molar-refractivity contribution < 1.29 is 9.90 Å². The molecule has 0 saturated carbocycles. The minimum Gasteiger partial charge on any atom is -0.481 e. The first kappa shape index (κ1) is 17.6. The number of hydrogen-bond acceptors (Lipinski definition) is 3. The van der Waals surface area contributed by atoms with Crippen molar-refractivity contribution in [2.24, 2.45) is 5.92 Å². The largest absolute Gasteiger partial charge is 0.481 e. The third kappa shape index (κ3) is 3.73. The molecule has 0 radical (unpaired) electrons. The van der Waals surface area contributed by atoms with Gasteiger partial charge in [0.15, 0.2) is 0 Å². The molecule has 0 spiro atoms. The lowest BCUT2D eigenvalue weighted by Gasteiger charge is -2.37. The monoisotopic (exact) mass is 407 g/mol. The van der Waals surface area contributed by atoms with Gasteiger partial charge in [-0.05, 0) is 49.6 Å². The number of aliphatic carboxylic acids is 1. The predicted molar refractivity (Wildman–Crippen MR) is 102 cm³/mol. The Morgan fingerprint density at radius 2 is 2.17 bits per heavy atom. The second-order valence-corrected chi connectivity index (χ2v) is 8.31. The van der Waals surface area contributed by atoms with Crippen LogP contribution in [0.25, 0.3) is 0 Å². The van der Waals surface area contributed by atoms with Crippen molar-refractivity contribution in [3.8, 4) is 0 Å². The van der Waals surface area contributed by atoms with Crippen LogP contribution in [0.5, 0.6) is 0 Å². The molecule has 2 aromatic rings. The van der Waals surface area contributed by atoms with E-state index in [4.69, 9.17) is 0 Å². The lowest BCUT2D eigenvalue weighted by atomic mass is 9.94. The van der Waals surface area contributed by atoms with Gasteiger partial charge in [0.05, 0.1) is 12.0 Å². The van der Waals surface area contributed by atoms with E-state index in [9.17, 15) is 9.90 Å². The predicted octanol–water partition coefficient (Wildman–Crippen LogP) is 4.96. The van der Waals surface area contributed by atoms with Gasteiger partial charge in [-0.2, -0.15) is 0 Å². The Morgan fingerprint density at radius 3 is 2.83 bits per heavy atom. The van der Waals surface area contributed by atoms with Gasteiger partial charge in [-0.25, -0.2) is 0 Å². The molecule has 1 fully saturated rings. The fourth-order valence-corrected chi connectivity index (χ4v) is 5.01. The zero-order chi connectivity index (χ0) is 17.1. The number of halogens is 1. The molecule has 128 valence electrons. The second-order valence-electron chi connectivity index (χ2n) is 6.25. The Balaban J connectivity index is 1.98. The highest BCUT2D eigenvalue weighted by molar-refractivity contribution is 9.10. The molecule has 2 heterocycles. The molecule has 5 heteroatoms. The number of carbonyl (C=O) groups is 1. The van der Waals surface area contributed by atoms with E-state index < -0.39 is 5.97 Å². The molecule has 1 aliphatic rings. The van der Waals surface area contributed by atoms with Crippen molar-refractivity contribution in [2.75, 3.05) is 13.1 Å². The Hall–Kier alpha value is -1.17. The summed E-state index contributed by atoms with van der Waals surface area (Å²) in [4.78, 5) is 16.5. The molecule has 1 N–H and O–H groups in total. The minimum atomic E-state index is -0.675. The van der Waals surface area contributed by atoms with Gasteiger partial charge in [0, 0.05) is 20.8 Å². The molecule has 0 amide bonds. The van der Waals surface area contributed by atoms with Crippen LogP contribution in [0.2, 0.25) is 0 Å². The van der Waals surface area contributed by atoms with E-state index in [2.05, 4.69) is 58.1 Å². The van der Waals surface area contributed by atoms with Crippen LogP contribution in [-0.4, -0.2) is 29.1 Å². The Labute approximate surface area is 155 Å². The van der Waals surface area contributed by atoms with E-state index in [0.29, 0.717) is 6.54 Å². The molecule has 0 bridgehead atoms. The first-order valence-corrected chi connectivity index (χ1v) is 10.0. The van der Waals surface area contributed by atoms with Crippen LogP contribution in [0.1, 0.15) is 41.1 Å². The molecule has 0 aliphatic carbocycles. The summed E-state index contributed by atoms with van der Waals surface area (Å²) in [6.45, 7) is 3.72. The van der Waals surface area contributed by atoms with Crippen molar-refractivity contribution in [2.45, 2.75) is 32.2 Å². The zero-order valence-corrected chi connectivity index (χ0v) is 16.1. The zero-order valence-electron chi connectivity index (χ0n) is 13.7. The molecule has 3 nitrogen and oxygen atoms in total. The number of hydrogen-bond donors (Lipinski definition) is 1. The standard InChI is InChI=1S/C19H22BrNO2S/c1-2-14-9-10-17(24-14)18(15-7-3-4-8-16(15)20)21-11-5-6-13(12-21)19(22)23/h3-4,7-10,13,18H,2,5-6,11-12H2,1H3,(H,22,23). The number of aryl methyl sites for hydroxylation is 1. The quantitative estimate of drug-likeness (QED) is 0.761. The van der Waals surface area contributed by atoms with Crippen LogP contribution in [0, 0.1) is 5.92 Å². The highest BCUT2D eigenvalue weighted by Gasteiger charge is 2.32. The summed E-state index contributed by atoms with van der Waals surface area (Å²) < 4.78 is 1.08. The first-order chi connectivity index (χ1) is 11.6. The molecule has 1 saturated heterocycles. The van der Waals surface area contributed by atoms with Gasteiger partial charge >= 0.3 is 5.97 Å². The number of piperidine rings is 1. The number of nitrogens with zero attached hydrogens (tertiary/aromatic N) is 1. The van der Waals surface area contributed by atoms with Gasteiger partial charge in [0.1, 0.15) is 0 Å². The van der Waals surface area contributed by atoms with Crippen LogP contribution in [0.15, 0.2) is 40.9 Å². The average Bonchev–Trinajstić information content (AvgIpc) is 3.06. The number of carboxylic acids is 1. The Bertz CT molecular complexity index is 715. The summed E-state index contributed by atoms with van der Waals surface area (Å²) in [6, 6.07) is 12.8. The SMILES string of the molecule is CCc1ccc(C(c2ccccc2Br)N2CCCC(C(=O)O)C2)s1. The van der Waals surface area contributed by atoms with E-state index >= 15 is 0 Å². The first-order valence-electron chi connectivity index (χ1n) is 8.40. The smallest absolute Gasteiger partial charge is 0.307 e. The summed E-state index contributed by atoms with van der Waals surface area (Å²) in [6.07, 6.45) is 2.74. The maximum Gasteiger partial charge on any atom is 0.307 e. The fraction of sp³-hybridized carbons (Fsp3) is 0.421. The maximum absolute atomic E-state index is 11.5. The van der Waals surface area contributed by atoms with Crippen molar-refractivity contribution in [3.05, 3.63) is 56.2 Å². The Morgan fingerprint density at radius 1 is 1.38 bits per heavy atom. The molecular weight excluding hydrogens is 386 g/mol. The van der Waals surface area contributed by atoms with Gasteiger partial charge in [0.2, 0.25) is 0 Å². The fourth-order valence-electron chi connectivity index (χ4n) is 3.40. The van der Waals surface area contributed by atoms with Crippen LogP contribution in [0.4, 0.5) is 0 Å². The Kier molecular flexibility index (Phi) is 5.74. The lowest BCUT2D eigenvalue weighted by Crippen LogP contribution is -2.41. The molecular formula is C19H22BrNO2S. The third-order valence-corrected chi connectivity index (χ3v) is 6.67. The topological polar surface area (TPSA) is 40.5 Å². The van der Waals surface area contributed by atoms with Crippen LogP contribution in [0.3, 0.4) is 0 Å². The van der Waals surface area contributed by atoms with E-state index in [1.54, 1.807) is 0 Å². The molecule has 3 rings (SSSR count). The summed E-state index contributed by atoms with van der Waals surface area (Å²) >= 11 is 5.53. The molecule has 24 heavy (non-hydrogen) atoms. The third-order valence-electron chi connectivity index (χ3n) is 4.67. The van der Waals surface area contributed by atoms with Crippen LogP contribution < -0.4 is 0 Å². The van der Waals surface area contributed by atoms with Crippen LogP contribution >= 0.6 is 27.3 Å². The summed E-state index contributed by atoms with van der Waals surface area (Å²) in [5.41, 5.74) is 1.22. The lowest BCUT2D eigenvalue weighted by molar-refractivity contribution is -0.143. The summed E-state index contributed by atoms with van der Waals surface area (Å²) in [5, 5.41) is 9.44. The number of thiophene rings is 1. The van der Waals surface area contributed by atoms with Crippen molar-refractivity contribution in [3.63, 3.8) is 0 Å². The average molecular weight is 408 g/mol. The summed E-state index contributed by atoms with van der Waals surface area (Å²) in [7, 11) is 0. The molecule has 2 atom stereocenters. The molecule has 1 aliphatic heterocycles. The summed E-state index contributed by atoms with van der Waals surface area (Å²) in [5.74, 6) is -0.944. The molecule has 1 aromatic heterocycles. The number of likely N-dealkylation sites (tertiary alicyclic amines) is 1. The minimum absolute atomic E-state index is 0.119. The number of benzene rings is 1. The molecule has 2 unspecified atom stereocenters. The maximum atomic E-state index is 11.5. The van der Waals surface area contributed by atoms with Crippen LogP contribution in [-0.2, 0) is 11.2 Å². The van der Waals surface area contributed by atoms with E-state index in [-0.39, 0.29) is 12.0 Å². The number of carboxylic acid groups (broad SMARTS) is 1. The van der Waals surface area contributed by atoms with Crippen molar-refractivity contribution in [1.82, 2.24) is 4.90 Å². The van der Waals surface area contributed by atoms with Crippen molar-refractivity contribution >= 4 is 33.2 Å². The second kappa shape index (κ2) is 7.81. The highest BCUT2D eigenvalue weighted by Crippen LogP contribution is 2.39. The van der Waals surface area contributed by atoms with Gasteiger partial charge in [-0.3, -0.25) is 9.69 Å². The van der Waals surface area contributed by atoms with Gasteiger partial charge < -0.3 is 5.11 Å². The van der Waals surface area contributed by atoms with Crippen molar-refractivity contribution in [1.29, 1.82) is 0 Å². The van der Waals surface area contributed by atoms with E-state index in [1.807, 2.05) is 17.4 Å². The van der Waals surface area contributed by atoms with Gasteiger partial charge in [-0.1, -0.05) is 41.1 Å². The van der Waals surface area contributed by atoms with Gasteiger partial charge in [0.25, 0.3) is 0 Å². The number of rotatable bonds is 5.